The zero-order chi connectivity index (χ0) is 18.1. The van der Waals surface area contributed by atoms with Gasteiger partial charge >= 0.3 is 0 Å². The number of amides is 2. The quantitative estimate of drug-likeness (QED) is 0.587. The maximum absolute atomic E-state index is 12.8. The molecule has 132 valence electrons. The largest absolute Gasteiger partial charge is 0.481 e. The summed E-state index contributed by atoms with van der Waals surface area (Å²) in [6.45, 7) is 1.54. The number of thioether (sulfide) groups is 1. The molecule has 0 heterocycles. The average molecular weight is 362 g/mol. The van der Waals surface area contributed by atoms with Crippen LogP contribution in [-0.4, -0.2) is 23.7 Å². The Morgan fingerprint density at radius 2 is 1.76 bits per heavy atom. The second-order valence-corrected chi connectivity index (χ2v) is 6.33. The van der Waals surface area contributed by atoms with Crippen LogP contribution in [0, 0.1) is 5.82 Å². The molecule has 0 unspecified atom stereocenters. The number of ether oxygens (including phenoxy) is 1. The van der Waals surface area contributed by atoms with Gasteiger partial charge < -0.3 is 4.74 Å². The third-order valence-electron chi connectivity index (χ3n) is 3.16. The van der Waals surface area contributed by atoms with Crippen molar-refractivity contribution in [1.29, 1.82) is 0 Å². The predicted molar refractivity (Wildman–Crippen MR) is 94.6 cm³/mol. The van der Waals surface area contributed by atoms with E-state index in [1.54, 1.807) is 11.8 Å². The third-order valence-corrected chi connectivity index (χ3v) is 4.18. The van der Waals surface area contributed by atoms with Crippen molar-refractivity contribution in [2.45, 2.75) is 24.3 Å². The molecular weight excluding hydrogens is 343 g/mol. The van der Waals surface area contributed by atoms with E-state index in [0.29, 0.717) is 11.5 Å². The summed E-state index contributed by atoms with van der Waals surface area (Å²) in [5.41, 5.74) is 4.67. The van der Waals surface area contributed by atoms with Gasteiger partial charge in [-0.3, -0.25) is 20.4 Å². The van der Waals surface area contributed by atoms with Crippen LogP contribution in [0.15, 0.2) is 59.5 Å². The van der Waals surface area contributed by atoms with Crippen LogP contribution in [0.1, 0.15) is 13.3 Å². The van der Waals surface area contributed by atoms with E-state index in [9.17, 15) is 14.0 Å². The Balaban J connectivity index is 1.66. The smallest absolute Gasteiger partial charge is 0.279 e. The Kier molecular flexibility index (Phi) is 7.28. The fourth-order valence-corrected chi connectivity index (χ4v) is 2.72. The minimum Gasteiger partial charge on any atom is -0.481 e. The summed E-state index contributed by atoms with van der Waals surface area (Å²) >= 11 is 1.56. The van der Waals surface area contributed by atoms with Crippen LogP contribution in [0.3, 0.4) is 0 Å². The molecule has 0 saturated carbocycles. The molecule has 0 fully saturated rings. The van der Waals surface area contributed by atoms with Crippen LogP contribution in [-0.2, 0) is 9.59 Å². The molecular formula is C18H19FN2O3S. The maximum Gasteiger partial charge on any atom is 0.279 e. The lowest BCUT2D eigenvalue weighted by Gasteiger charge is -2.15. The van der Waals surface area contributed by atoms with Crippen LogP contribution in [0.25, 0.3) is 0 Å². The van der Waals surface area contributed by atoms with Gasteiger partial charge in [0.1, 0.15) is 11.6 Å². The van der Waals surface area contributed by atoms with E-state index in [2.05, 4.69) is 10.9 Å². The molecule has 0 spiro atoms. The standard InChI is InChI=1S/C18H19FN2O3S/c1-13(24-15-9-7-14(19)8-10-15)18(23)21-20-17(22)11-12-25-16-5-3-2-4-6-16/h2-10,13H,11-12H2,1H3,(H,20,22)(H,21,23)/t13-/m1/s1. The SMILES string of the molecule is C[C@@H](Oc1ccc(F)cc1)C(=O)NNC(=O)CCSc1ccccc1. The number of rotatable bonds is 7. The van der Waals surface area contributed by atoms with Crippen molar-refractivity contribution in [2.24, 2.45) is 0 Å². The summed E-state index contributed by atoms with van der Waals surface area (Å²) in [6, 6.07) is 15.1. The van der Waals surface area contributed by atoms with Crippen LogP contribution in [0.5, 0.6) is 5.75 Å². The lowest BCUT2D eigenvalue weighted by atomic mass is 10.3. The van der Waals surface area contributed by atoms with Crippen molar-refractivity contribution in [3.8, 4) is 5.75 Å². The molecule has 0 aliphatic heterocycles. The fourth-order valence-electron chi connectivity index (χ4n) is 1.84. The highest BCUT2D eigenvalue weighted by molar-refractivity contribution is 7.99. The molecule has 2 aromatic rings. The monoisotopic (exact) mass is 362 g/mol. The summed E-state index contributed by atoms with van der Waals surface area (Å²) in [5.74, 6) is -0.188. The summed E-state index contributed by atoms with van der Waals surface area (Å²) in [6.07, 6.45) is -0.558. The minimum absolute atomic E-state index is 0.271. The van der Waals surface area contributed by atoms with Gasteiger partial charge in [0.15, 0.2) is 6.10 Å². The second-order valence-electron chi connectivity index (χ2n) is 5.16. The number of nitrogens with one attached hydrogen (secondary N) is 2. The topological polar surface area (TPSA) is 67.4 Å². The maximum atomic E-state index is 12.8. The Morgan fingerprint density at radius 3 is 2.44 bits per heavy atom. The molecule has 0 saturated heterocycles. The summed E-state index contributed by atoms with van der Waals surface area (Å²) < 4.78 is 18.2. The van der Waals surface area contributed by atoms with Gasteiger partial charge in [0.25, 0.3) is 5.91 Å². The summed E-state index contributed by atoms with van der Waals surface area (Å²) in [4.78, 5) is 24.7. The van der Waals surface area contributed by atoms with Crippen LogP contribution in [0.4, 0.5) is 4.39 Å². The van der Waals surface area contributed by atoms with Gasteiger partial charge in [-0.15, -0.1) is 11.8 Å². The first kappa shape index (κ1) is 18.8. The highest BCUT2D eigenvalue weighted by Gasteiger charge is 2.15. The number of benzene rings is 2. The average Bonchev–Trinajstić information content (AvgIpc) is 2.62. The molecule has 0 aliphatic carbocycles. The van der Waals surface area contributed by atoms with E-state index in [-0.39, 0.29) is 18.1 Å². The normalized spacial score (nSPS) is 11.4. The zero-order valence-electron chi connectivity index (χ0n) is 13.7. The molecule has 0 aliphatic rings. The van der Waals surface area contributed by atoms with Crippen LogP contribution < -0.4 is 15.6 Å². The van der Waals surface area contributed by atoms with Crippen LogP contribution in [0.2, 0.25) is 0 Å². The van der Waals surface area contributed by atoms with Gasteiger partial charge in [-0.05, 0) is 43.3 Å². The Labute approximate surface area is 149 Å². The van der Waals surface area contributed by atoms with E-state index in [1.807, 2.05) is 30.3 Å². The molecule has 5 nitrogen and oxygen atoms in total. The van der Waals surface area contributed by atoms with Gasteiger partial charge in [0, 0.05) is 17.1 Å². The minimum atomic E-state index is -0.829. The van der Waals surface area contributed by atoms with E-state index in [4.69, 9.17) is 4.74 Å². The van der Waals surface area contributed by atoms with Crippen molar-refractivity contribution in [2.75, 3.05) is 5.75 Å². The first-order valence-electron chi connectivity index (χ1n) is 7.73. The van der Waals surface area contributed by atoms with E-state index in [0.717, 1.165) is 4.90 Å². The summed E-state index contributed by atoms with van der Waals surface area (Å²) in [7, 11) is 0. The number of carbonyl (C=O) groups excluding carboxylic acids is 2. The number of hydrazine groups is 1. The van der Waals surface area contributed by atoms with Crippen molar-refractivity contribution in [3.63, 3.8) is 0 Å². The number of hydrogen-bond donors (Lipinski definition) is 2. The van der Waals surface area contributed by atoms with Crippen molar-refractivity contribution < 1.29 is 18.7 Å². The fraction of sp³-hybridized carbons (Fsp3) is 0.222. The zero-order valence-corrected chi connectivity index (χ0v) is 14.5. The Morgan fingerprint density at radius 1 is 1.08 bits per heavy atom. The molecule has 0 radical (unpaired) electrons. The molecule has 1 atom stereocenters. The Hall–Kier alpha value is -2.54. The Bertz CT molecular complexity index is 695. The van der Waals surface area contributed by atoms with Crippen molar-refractivity contribution in [1.82, 2.24) is 10.9 Å². The summed E-state index contributed by atoms with van der Waals surface area (Å²) in [5, 5.41) is 0. The lowest BCUT2D eigenvalue weighted by Crippen LogP contribution is -2.47. The second kappa shape index (κ2) is 9.68. The first-order valence-corrected chi connectivity index (χ1v) is 8.72. The lowest BCUT2D eigenvalue weighted by molar-refractivity contribution is -0.132. The van der Waals surface area contributed by atoms with E-state index >= 15 is 0 Å². The van der Waals surface area contributed by atoms with Gasteiger partial charge in [-0.25, -0.2) is 4.39 Å². The number of carbonyl (C=O) groups is 2. The highest BCUT2D eigenvalue weighted by atomic mass is 32.2. The van der Waals surface area contributed by atoms with E-state index in [1.165, 1.54) is 31.2 Å². The molecule has 7 heteroatoms. The molecule has 2 aromatic carbocycles. The van der Waals surface area contributed by atoms with Crippen molar-refractivity contribution >= 4 is 23.6 Å². The van der Waals surface area contributed by atoms with E-state index < -0.39 is 12.0 Å². The van der Waals surface area contributed by atoms with Gasteiger partial charge in [0.2, 0.25) is 5.91 Å². The third kappa shape index (κ3) is 6.84. The molecule has 0 aromatic heterocycles. The van der Waals surface area contributed by atoms with Gasteiger partial charge in [-0.2, -0.15) is 0 Å². The molecule has 2 N–H and O–H groups in total. The highest BCUT2D eigenvalue weighted by Crippen LogP contribution is 2.17. The van der Waals surface area contributed by atoms with Crippen LogP contribution >= 0.6 is 11.8 Å². The number of halogens is 1. The van der Waals surface area contributed by atoms with Crippen molar-refractivity contribution in [3.05, 3.63) is 60.4 Å². The van der Waals surface area contributed by atoms with Gasteiger partial charge in [0.05, 0.1) is 0 Å². The molecule has 25 heavy (non-hydrogen) atoms. The molecule has 2 amide bonds. The molecule has 2 rings (SSSR count). The first-order chi connectivity index (χ1) is 12.0. The predicted octanol–water partition coefficient (Wildman–Crippen LogP) is 2.92. The number of hydrogen-bond acceptors (Lipinski definition) is 4. The molecule has 0 bridgehead atoms. The van der Waals surface area contributed by atoms with Gasteiger partial charge in [-0.1, -0.05) is 18.2 Å².